The van der Waals surface area contributed by atoms with Crippen molar-refractivity contribution >= 4 is 10.8 Å². The first-order valence-corrected chi connectivity index (χ1v) is 9.47. The monoisotopic (exact) mass is 329 g/mol. The highest BCUT2D eigenvalue weighted by Gasteiger charge is 2.29. The molecule has 0 aromatic heterocycles. The zero-order valence-corrected chi connectivity index (χ0v) is 14.7. The Bertz CT molecular complexity index is 674. The highest BCUT2D eigenvalue weighted by molar-refractivity contribution is 7.84. The van der Waals surface area contributed by atoms with Crippen molar-refractivity contribution in [1.29, 1.82) is 0 Å². The van der Waals surface area contributed by atoms with Crippen LogP contribution >= 0.6 is 0 Å². The molecule has 0 fully saturated rings. The predicted octanol–water partition coefficient (Wildman–Crippen LogP) is 3.25. The van der Waals surface area contributed by atoms with Gasteiger partial charge in [0.15, 0.2) is 0 Å². The summed E-state index contributed by atoms with van der Waals surface area (Å²) in [5, 5.41) is 0. The number of para-hydroxylation sites is 1. The number of likely N-dealkylation sites (N-methyl/N-ethyl adjacent to an activating group) is 1. The average Bonchev–Trinajstić information content (AvgIpc) is 2.98. The topological polar surface area (TPSA) is 29.5 Å². The summed E-state index contributed by atoms with van der Waals surface area (Å²) in [6.07, 6.45) is 2.87. The second-order valence-corrected chi connectivity index (χ2v) is 7.60. The van der Waals surface area contributed by atoms with Gasteiger partial charge in [0, 0.05) is 41.0 Å². The maximum atomic E-state index is 11.5. The molecule has 0 bridgehead atoms. The molecular formula is C19H23NO2S. The predicted molar refractivity (Wildman–Crippen MR) is 94.3 cm³/mol. The van der Waals surface area contributed by atoms with Gasteiger partial charge in [0.1, 0.15) is 11.9 Å². The lowest BCUT2D eigenvalue weighted by Gasteiger charge is -2.29. The van der Waals surface area contributed by atoms with Gasteiger partial charge >= 0.3 is 0 Å². The van der Waals surface area contributed by atoms with Gasteiger partial charge in [-0.15, -0.1) is 0 Å². The van der Waals surface area contributed by atoms with E-state index in [-0.39, 0.29) is 6.10 Å². The zero-order valence-electron chi connectivity index (χ0n) is 13.9. The van der Waals surface area contributed by atoms with Crippen molar-refractivity contribution in [3.8, 4) is 5.75 Å². The number of hydrogen-bond donors (Lipinski definition) is 0. The van der Waals surface area contributed by atoms with E-state index in [4.69, 9.17) is 4.74 Å². The van der Waals surface area contributed by atoms with Crippen LogP contribution in [0.25, 0.3) is 0 Å². The maximum Gasteiger partial charge on any atom is 0.123 e. The molecule has 0 N–H and O–H groups in total. The first-order chi connectivity index (χ1) is 11.0. The van der Waals surface area contributed by atoms with Crippen LogP contribution in [0, 0.1) is 0 Å². The van der Waals surface area contributed by atoms with Gasteiger partial charge in [0.2, 0.25) is 0 Å². The fourth-order valence-corrected chi connectivity index (χ4v) is 3.50. The van der Waals surface area contributed by atoms with E-state index < -0.39 is 10.8 Å². The number of hydrogen-bond acceptors (Lipinski definition) is 3. The lowest BCUT2D eigenvalue weighted by Crippen LogP contribution is -2.41. The largest absolute Gasteiger partial charge is 0.488 e. The molecule has 1 aliphatic heterocycles. The Labute approximate surface area is 140 Å². The molecule has 3 atom stereocenters. The molecule has 0 saturated carbocycles. The van der Waals surface area contributed by atoms with Crippen molar-refractivity contribution in [2.45, 2.75) is 36.9 Å². The van der Waals surface area contributed by atoms with Crippen LogP contribution in [0.2, 0.25) is 0 Å². The van der Waals surface area contributed by atoms with Gasteiger partial charge in [-0.2, -0.15) is 0 Å². The molecule has 0 aliphatic carbocycles. The second kappa shape index (κ2) is 6.85. The second-order valence-electron chi connectivity index (χ2n) is 6.22. The first-order valence-electron chi connectivity index (χ1n) is 7.92. The third kappa shape index (κ3) is 3.65. The van der Waals surface area contributed by atoms with Crippen LogP contribution in [0.5, 0.6) is 5.75 Å². The van der Waals surface area contributed by atoms with Crippen LogP contribution in [0.4, 0.5) is 0 Å². The van der Waals surface area contributed by atoms with Crippen LogP contribution in [0.3, 0.4) is 0 Å². The van der Waals surface area contributed by atoms with E-state index in [9.17, 15) is 4.21 Å². The molecule has 2 aromatic rings. The molecule has 2 aromatic carbocycles. The quantitative estimate of drug-likeness (QED) is 0.843. The summed E-state index contributed by atoms with van der Waals surface area (Å²) in [6.45, 7) is 3.07. The van der Waals surface area contributed by atoms with Crippen LogP contribution in [-0.4, -0.2) is 34.6 Å². The van der Waals surface area contributed by atoms with Crippen molar-refractivity contribution < 1.29 is 8.95 Å². The first kappa shape index (κ1) is 16.2. The van der Waals surface area contributed by atoms with Gasteiger partial charge in [-0.05, 0) is 43.3 Å². The minimum Gasteiger partial charge on any atom is -0.488 e. The summed E-state index contributed by atoms with van der Waals surface area (Å²) in [5.74, 6) is 1.02. The van der Waals surface area contributed by atoms with Crippen molar-refractivity contribution in [2.75, 3.05) is 13.3 Å². The summed E-state index contributed by atoms with van der Waals surface area (Å²) >= 11 is 0. The summed E-state index contributed by atoms with van der Waals surface area (Å²) in [6, 6.07) is 16.6. The smallest absolute Gasteiger partial charge is 0.123 e. The van der Waals surface area contributed by atoms with Crippen molar-refractivity contribution in [2.24, 2.45) is 0 Å². The SMILES string of the molecule is C[C@H]([C@H]1Cc2ccccc2O1)N(C)Cc1ccc([S@](C)=O)cc1. The van der Waals surface area contributed by atoms with Crippen LogP contribution < -0.4 is 4.74 Å². The molecule has 0 unspecified atom stereocenters. The number of rotatable bonds is 5. The van der Waals surface area contributed by atoms with E-state index in [0.29, 0.717) is 6.04 Å². The summed E-state index contributed by atoms with van der Waals surface area (Å²) in [5.41, 5.74) is 2.52. The summed E-state index contributed by atoms with van der Waals surface area (Å²) in [7, 11) is 1.21. The van der Waals surface area contributed by atoms with Gasteiger partial charge in [0.05, 0.1) is 0 Å². The Morgan fingerprint density at radius 2 is 1.91 bits per heavy atom. The fourth-order valence-electron chi connectivity index (χ4n) is 2.98. The van der Waals surface area contributed by atoms with Crippen LogP contribution in [-0.2, 0) is 23.8 Å². The minimum atomic E-state index is -0.917. The van der Waals surface area contributed by atoms with E-state index >= 15 is 0 Å². The van der Waals surface area contributed by atoms with E-state index in [1.54, 1.807) is 6.26 Å². The molecule has 1 aliphatic rings. The van der Waals surface area contributed by atoms with Crippen LogP contribution in [0.1, 0.15) is 18.1 Å². The Balaban J connectivity index is 1.62. The number of nitrogens with zero attached hydrogens (tertiary/aromatic N) is 1. The van der Waals surface area contributed by atoms with E-state index in [2.05, 4.69) is 43.1 Å². The van der Waals surface area contributed by atoms with Gasteiger partial charge < -0.3 is 4.74 Å². The Morgan fingerprint density at radius 1 is 1.22 bits per heavy atom. The number of fused-ring (bicyclic) bond motifs is 1. The molecule has 0 amide bonds. The van der Waals surface area contributed by atoms with Gasteiger partial charge in [-0.3, -0.25) is 9.11 Å². The standard InChI is InChI=1S/C19H23NO2S/c1-14(19-12-16-6-4-5-7-18(16)22-19)20(2)13-15-8-10-17(11-9-15)23(3)21/h4-11,14,19H,12-13H2,1-3H3/t14-,19-,23+/m1/s1. The van der Waals surface area contributed by atoms with Crippen LogP contribution in [0.15, 0.2) is 53.4 Å². The third-order valence-corrected chi connectivity index (χ3v) is 5.53. The fraction of sp³-hybridized carbons (Fsp3) is 0.368. The molecule has 4 heteroatoms. The molecule has 0 saturated heterocycles. The molecule has 3 nitrogen and oxygen atoms in total. The van der Waals surface area contributed by atoms with Crippen molar-refractivity contribution in [1.82, 2.24) is 4.90 Å². The van der Waals surface area contributed by atoms with Gasteiger partial charge in [-0.1, -0.05) is 30.3 Å². The molecule has 23 heavy (non-hydrogen) atoms. The maximum absolute atomic E-state index is 11.5. The van der Waals surface area contributed by atoms with Crippen molar-refractivity contribution in [3.63, 3.8) is 0 Å². The van der Waals surface area contributed by atoms with E-state index in [0.717, 1.165) is 23.6 Å². The summed E-state index contributed by atoms with van der Waals surface area (Å²) < 4.78 is 17.5. The average molecular weight is 329 g/mol. The summed E-state index contributed by atoms with van der Waals surface area (Å²) in [4.78, 5) is 3.19. The highest BCUT2D eigenvalue weighted by atomic mass is 32.2. The van der Waals surface area contributed by atoms with E-state index in [1.165, 1.54) is 11.1 Å². The van der Waals surface area contributed by atoms with Crippen molar-refractivity contribution in [3.05, 3.63) is 59.7 Å². The Morgan fingerprint density at radius 3 is 2.57 bits per heavy atom. The Kier molecular flexibility index (Phi) is 4.83. The lowest BCUT2D eigenvalue weighted by atomic mass is 10.0. The molecule has 0 spiro atoms. The molecule has 122 valence electrons. The highest BCUT2D eigenvalue weighted by Crippen LogP contribution is 2.30. The van der Waals surface area contributed by atoms with Gasteiger partial charge in [0.25, 0.3) is 0 Å². The van der Waals surface area contributed by atoms with Gasteiger partial charge in [-0.25, -0.2) is 0 Å². The molecular weight excluding hydrogens is 306 g/mol. The minimum absolute atomic E-state index is 0.194. The van der Waals surface area contributed by atoms with E-state index in [1.807, 2.05) is 24.3 Å². The lowest BCUT2D eigenvalue weighted by molar-refractivity contribution is 0.105. The number of ether oxygens (including phenoxy) is 1. The molecule has 3 rings (SSSR count). The molecule has 1 heterocycles. The molecule has 0 radical (unpaired) electrons. The third-order valence-electron chi connectivity index (χ3n) is 4.59. The zero-order chi connectivity index (χ0) is 16.4. The normalized spacial score (nSPS) is 19.2. The Hall–Kier alpha value is -1.65. The number of benzene rings is 2.